The Morgan fingerprint density at radius 3 is 2.31 bits per heavy atom. The Hall–Kier alpha value is -1.70. The van der Waals surface area contributed by atoms with Crippen molar-refractivity contribution in [2.45, 2.75) is 12.7 Å². The Balaban J connectivity index is 3.49. The zero-order chi connectivity index (χ0) is 12.5. The standard InChI is InChI=1S/C8H6F4N2O2/c9-7-2-4(14(15)16)1-6(5(7)3-13)8(10,11)12/h1-2H,3,13H2. The molecule has 0 aromatic heterocycles. The summed E-state index contributed by atoms with van der Waals surface area (Å²) in [6.07, 6.45) is -4.87. The van der Waals surface area contributed by atoms with Crippen molar-refractivity contribution >= 4 is 5.69 Å². The molecule has 0 fully saturated rings. The third kappa shape index (κ3) is 2.27. The molecule has 16 heavy (non-hydrogen) atoms. The van der Waals surface area contributed by atoms with E-state index in [2.05, 4.69) is 0 Å². The molecule has 1 aromatic carbocycles. The largest absolute Gasteiger partial charge is 0.417 e. The Labute approximate surface area is 86.8 Å². The quantitative estimate of drug-likeness (QED) is 0.487. The van der Waals surface area contributed by atoms with Crippen LogP contribution in [0.25, 0.3) is 0 Å². The fourth-order valence-electron chi connectivity index (χ4n) is 1.19. The van der Waals surface area contributed by atoms with Gasteiger partial charge in [0, 0.05) is 18.2 Å². The van der Waals surface area contributed by atoms with Gasteiger partial charge in [-0.2, -0.15) is 13.2 Å². The molecule has 0 saturated heterocycles. The predicted octanol–water partition coefficient (Wildman–Crippen LogP) is 2.21. The van der Waals surface area contributed by atoms with Gasteiger partial charge in [0.2, 0.25) is 0 Å². The Bertz CT molecular complexity index is 431. The minimum atomic E-state index is -4.87. The second-order valence-corrected chi connectivity index (χ2v) is 2.91. The Kier molecular flexibility index (Phi) is 3.13. The zero-order valence-corrected chi connectivity index (χ0v) is 7.71. The first-order valence-electron chi connectivity index (χ1n) is 4.01. The summed E-state index contributed by atoms with van der Waals surface area (Å²) in [6, 6.07) is 0.683. The SMILES string of the molecule is NCc1c(F)cc([N+](=O)[O-])cc1C(F)(F)F. The lowest BCUT2D eigenvalue weighted by Gasteiger charge is -2.11. The topological polar surface area (TPSA) is 69.2 Å². The number of rotatable bonds is 2. The van der Waals surface area contributed by atoms with E-state index < -0.39 is 40.3 Å². The predicted molar refractivity (Wildman–Crippen MR) is 45.9 cm³/mol. The highest BCUT2D eigenvalue weighted by molar-refractivity contribution is 5.42. The molecule has 8 heteroatoms. The average molecular weight is 238 g/mol. The lowest BCUT2D eigenvalue weighted by atomic mass is 10.1. The first-order chi connectivity index (χ1) is 7.27. The monoisotopic (exact) mass is 238 g/mol. The van der Waals surface area contributed by atoms with E-state index in [9.17, 15) is 27.7 Å². The first kappa shape index (κ1) is 12.4. The number of benzene rings is 1. The van der Waals surface area contributed by atoms with Crippen LogP contribution < -0.4 is 5.73 Å². The summed E-state index contributed by atoms with van der Waals surface area (Å²) >= 11 is 0. The van der Waals surface area contributed by atoms with Crippen LogP contribution in [0.4, 0.5) is 23.2 Å². The summed E-state index contributed by atoms with van der Waals surface area (Å²) in [5, 5.41) is 10.3. The normalized spacial score (nSPS) is 11.6. The third-order valence-electron chi connectivity index (χ3n) is 1.90. The molecule has 4 nitrogen and oxygen atoms in total. The number of nitrogens with zero attached hydrogens (tertiary/aromatic N) is 1. The van der Waals surface area contributed by atoms with Crippen molar-refractivity contribution in [2.24, 2.45) is 5.73 Å². The van der Waals surface area contributed by atoms with E-state index in [1.54, 1.807) is 0 Å². The van der Waals surface area contributed by atoms with Crippen molar-refractivity contribution in [1.82, 2.24) is 0 Å². The van der Waals surface area contributed by atoms with Gasteiger partial charge in [0.05, 0.1) is 16.6 Å². The highest BCUT2D eigenvalue weighted by Gasteiger charge is 2.36. The van der Waals surface area contributed by atoms with E-state index in [1.807, 2.05) is 0 Å². The molecular weight excluding hydrogens is 232 g/mol. The number of hydrogen-bond acceptors (Lipinski definition) is 3. The van der Waals surface area contributed by atoms with E-state index in [-0.39, 0.29) is 6.07 Å². The fourth-order valence-corrected chi connectivity index (χ4v) is 1.19. The maximum Gasteiger partial charge on any atom is 0.417 e. The maximum absolute atomic E-state index is 13.1. The summed E-state index contributed by atoms with van der Waals surface area (Å²) in [5.74, 6) is -1.33. The van der Waals surface area contributed by atoms with Crippen LogP contribution in [0.3, 0.4) is 0 Å². The van der Waals surface area contributed by atoms with Gasteiger partial charge in [-0.15, -0.1) is 0 Å². The lowest BCUT2D eigenvalue weighted by molar-refractivity contribution is -0.385. The van der Waals surface area contributed by atoms with Crippen LogP contribution in [0.5, 0.6) is 0 Å². The molecule has 1 rings (SSSR count). The smallest absolute Gasteiger partial charge is 0.326 e. The molecule has 0 aliphatic heterocycles. The summed E-state index contributed by atoms with van der Waals surface area (Å²) in [4.78, 5) is 9.17. The summed E-state index contributed by atoms with van der Waals surface area (Å²) in [7, 11) is 0. The van der Waals surface area contributed by atoms with Crippen molar-refractivity contribution in [3.63, 3.8) is 0 Å². The zero-order valence-electron chi connectivity index (χ0n) is 7.71. The van der Waals surface area contributed by atoms with E-state index >= 15 is 0 Å². The van der Waals surface area contributed by atoms with Gasteiger partial charge in [0.1, 0.15) is 5.82 Å². The van der Waals surface area contributed by atoms with Crippen LogP contribution in [0.2, 0.25) is 0 Å². The van der Waals surface area contributed by atoms with E-state index in [0.29, 0.717) is 6.07 Å². The first-order valence-corrected chi connectivity index (χ1v) is 4.01. The van der Waals surface area contributed by atoms with Crippen LogP contribution in [0, 0.1) is 15.9 Å². The van der Waals surface area contributed by atoms with Crippen LogP contribution in [-0.2, 0) is 12.7 Å². The molecule has 0 spiro atoms. The number of halogens is 4. The average Bonchev–Trinajstić information content (AvgIpc) is 2.14. The van der Waals surface area contributed by atoms with Crippen molar-refractivity contribution < 1.29 is 22.5 Å². The molecule has 0 heterocycles. The molecule has 88 valence electrons. The molecule has 0 saturated carbocycles. The van der Waals surface area contributed by atoms with Crippen LogP contribution in [-0.4, -0.2) is 4.92 Å². The van der Waals surface area contributed by atoms with Gasteiger partial charge in [0.25, 0.3) is 5.69 Å². The summed E-state index contributed by atoms with van der Waals surface area (Å²) in [5.41, 5.74) is 1.81. The van der Waals surface area contributed by atoms with E-state index in [4.69, 9.17) is 5.73 Å². The van der Waals surface area contributed by atoms with Crippen molar-refractivity contribution in [1.29, 1.82) is 0 Å². The third-order valence-corrected chi connectivity index (χ3v) is 1.90. The molecule has 0 aliphatic rings. The molecule has 0 atom stereocenters. The van der Waals surface area contributed by atoms with Gasteiger partial charge in [-0.05, 0) is 0 Å². The number of nitrogens with two attached hydrogens (primary N) is 1. The van der Waals surface area contributed by atoms with Gasteiger partial charge in [-0.25, -0.2) is 4.39 Å². The minimum absolute atomic E-state index is 0.269. The van der Waals surface area contributed by atoms with Gasteiger partial charge in [-0.3, -0.25) is 10.1 Å². The van der Waals surface area contributed by atoms with Crippen LogP contribution in [0.1, 0.15) is 11.1 Å². The number of alkyl halides is 3. The Morgan fingerprint density at radius 1 is 1.38 bits per heavy atom. The van der Waals surface area contributed by atoms with Crippen LogP contribution >= 0.6 is 0 Å². The van der Waals surface area contributed by atoms with Crippen LogP contribution in [0.15, 0.2) is 12.1 Å². The van der Waals surface area contributed by atoms with E-state index in [1.165, 1.54) is 0 Å². The molecule has 2 N–H and O–H groups in total. The highest BCUT2D eigenvalue weighted by atomic mass is 19.4. The number of nitro groups is 1. The Morgan fingerprint density at radius 2 is 1.94 bits per heavy atom. The summed E-state index contributed by atoms with van der Waals surface area (Å²) in [6.45, 7) is -0.682. The van der Waals surface area contributed by atoms with Gasteiger partial charge in [-0.1, -0.05) is 0 Å². The van der Waals surface area contributed by atoms with E-state index in [0.717, 1.165) is 0 Å². The molecule has 0 radical (unpaired) electrons. The molecule has 0 aliphatic carbocycles. The summed E-state index contributed by atoms with van der Waals surface area (Å²) < 4.78 is 50.4. The number of non-ortho nitro benzene ring substituents is 1. The second kappa shape index (κ2) is 4.05. The molecule has 0 unspecified atom stereocenters. The second-order valence-electron chi connectivity index (χ2n) is 2.91. The minimum Gasteiger partial charge on any atom is -0.326 e. The molecule has 1 aromatic rings. The lowest BCUT2D eigenvalue weighted by Crippen LogP contribution is -2.14. The van der Waals surface area contributed by atoms with Crippen molar-refractivity contribution in [3.8, 4) is 0 Å². The number of hydrogen-bond donors (Lipinski definition) is 1. The molecular formula is C8H6F4N2O2. The van der Waals surface area contributed by atoms with Crippen molar-refractivity contribution in [3.05, 3.63) is 39.2 Å². The van der Waals surface area contributed by atoms with Gasteiger partial charge < -0.3 is 5.73 Å². The van der Waals surface area contributed by atoms with Gasteiger partial charge in [0.15, 0.2) is 0 Å². The van der Waals surface area contributed by atoms with Gasteiger partial charge >= 0.3 is 6.18 Å². The highest BCUT2D eigenvalue weighted by Crippen LogP contribution is 2.35. The fraction of sp³-hybridized carbons (Fsp3) is 0.250. The number of nitro benzene ring substituents is 1. The maximum atomic E-state index is 13.1. The molecule has 0 amide bonds. The van der Waals surface area contributed by atoms with Crippen molar-refractivity contribution in [2.75, 3.05) is 0 Å². The molecule has 0 bridgehead atoms.